The molecule has 0 unspecified atom stereocenters. The summed E-state index contributed by atoms with van der Waals surface area (Å²) < 4.78 is 39.3. The van der Waals surface area contributed by atoms with E-state index in [9.17, 15) is 17.6 Å². The first-order valence-corrected chi connectivity index (χ1v) is 8.92. The van der Waals surface area contributed by atoms with Gasteiger partial charge in [0.05, 0.1) is 11.8 Å². The van der Waals surface area contributed by atoms with E-state index >= 15 is 0 Å². The van der Waals surface area contributed by atoms with Crippen molar-refractivity contribution in [3.05, 3.63) is 65.7 Å². The first-order chi connectivity index (χ1) is 11.4. The number of nitrogens with one attached hydrogen (secondary N) is 2. The first-order valence-electron chi connectivity index (χ1n) is 7.27. The molecule has 0 aliphatic carbocycles. The molecule has 8 heteroatoms. The van der Waals surface area contributed by atoms with Crippen molar-refractivity contribution < 1.29 is 17.6 Å². The van der Waals surface area contributed by atoms with Crippen LogP contribution in [0.1, 0.15) is 18.1 Å². The number of halogens is 1. The maximum absolute atomic E-state index is 12.8. The molecule has 1 amide bonds. The minimum absolute atomic E-state index is 0.261. The number of hydrogen-bond donors (Lipinski definition) is 2. The van der Waals surface area contributed by atoms with E-state index in [2.05, 4.69) is 15.0 Å². The van der Waals surface area contributed by atoms with Gasteiger partial charge in [0.15, 0.2) is 0 Å². The highest BCUT2D eigenvalue weighted by molar-refractivity contribution is 7.88. The van der Waals surface area contributed by atoms with E-state index in [1.165, 1.54) is 31.2 Å². The van der Waals surface area contributed by atoms with Gasteiger partial charge in [0.1, 0.15) is 5.82 Å². The first kappa shape index (κ1) is 18.0. The molecule has 6 nitrogen and oxygen atoms in total. The second-order valence-corrected chi connectivity index (χ2v) is 7.06. The Kier molecular flexibility index (Phi) is 5.99. The number of benzene rings is 1. The van der Waals surface area contributed by atoms with Gasteiger partial charge in [0.2, 0.25) is 15.9 Å². The minimum atomic E-state index is -3.72. The molecule has 0 spiro atoms. The molecule has 1 aromatic carbocycles. The van der Waals surface area contributed by atoms with E-state index in [0.717, 1.165) is 5.56 Å². The van der Waals surface area contributed by atoms with Crippen molar-refractivity contribution in [3.63, 3.8) is 0 Å². The van der Waals surface area contributed by atoms with Gasteiger partial charge < -0.3 is 5.32 Å². The van der Waals surface area contributed by atoms with Gasteiger partial charge in [-0.25, -0.2) is 17.5 Å². The summed E-state index contributed by atoms with van der Waals surface area (Å²) in [6, 6.07) is 7.78. The van der Waals surface area contributed by atoms with Gasteiger partial charge in [-0.2, -0.15) is 0 Å². The van der Waals surface area contributed by atoms with Crippen LogP contribution in [0.2, 0.25) is 0 Å². The van der Waals surface area contributed by atoms with Crippen LogP contribution in [0.5, 0.6) is 0 Å². The van der Waals surface area contributed by atoms with Crippen LogP contribution in [0.4, 0.5) is 4.39 Å². The number of aromatic nitrogens is 1. The minimum Gasteiger partial charge on any atom is -0.351 e. The molecular formula is C16H18FN3O3S. The lowest BCUT2D eigenvalue weighted by Crippen LogP contribution is -2.44. The standard InChI is InChI=1S/C16H18FN3O3S/c1-12(16(21)19-10-14-3-2-8-18-9-14)20-24(22,23)11-13-4-6-15(17)7-5-13/h2-9,12,20H,10-11H2,1H3,(H,19,21)/t12-/m0/s1. The zero-order valence-electron chi connectivity index (χ0n) is 13.1. The molecule has 2 aromatic rings. The van der Waals surface area contributed by atoms with E-state index < -0.39 is 27.8 Å². The van der Waals surface area contributed by atoms with E-state index in [4.69, 9.17) is 0 Å². The van der Waals surface area contributed by atoms with Crippen molar-refractivity contribution in [3.8, 4) is 0 Å². The Hall–Kier alpha value is -2.32. The SMILES string of the molecule is C[C@H](NS(=O)(=O)Cc1ccc(F)cc1)C(=O)NCc1cccnc1. The van der Waals surface area contributed by atoms with Crippen LogP contribution in [-0.4, -0.2) is 25.4 Å². The summed E-state index contributed by atoms with van der Waals surface area (Å²) in [5, 5.41) is 2.64. The highest BCUT2D eigenvalue weighted by Crippen LogP contribution is 2.07. The van der Waals surface area contributed by atoms with Crippen LogP contribution < -0.4 is 10.0 Å². The monoisotopic (exact) mass is 351 g/mol. The van der Waals surface area contributed by atoms with Crippen LogP contribution in [0.15, 0.2) is 48.8 Å². The molecule has 0 radical (unpaired) electrons. The van der Waals surface area contributed by atoms with Gasteiger partial charge in [-0.1, -0.05) is 18.2 Å². The van der Waals surface area contributed by atoms with Crippen molar-refractivity contribution in [2.75, 3.05) is 0 Å². The van der Waals surface area contributed by atoms with Crippen molar-refractivity contribution in [2.45, 2.75) is 25.3 Å². The fraction of sp³-hybridized carbons (Fsp3) is 0.250. The normalized spacial score (nSPS) is 12.6. The highest BCUT2D eigenvalue weighted by Gasteiger charge is 2.20. The molecular weight excluding hydrogens is 333 g/mol. The van der Waals surface area contributed by atoms with Crippen molar-refractivity contribution in [1.82, 2.24) is 15.0 Å². The molecule has 0 fully saturated rings. The predicted octanol–water partition coefficient (Wildman–Crippen LogP) is 1.34. The molecule has 0 bridgehead atoms. The van der Waals surface area contributed by atoms with Gasteiger partial charge in [-0.05, 0) is 36.2 Å². The number of hydrogen-bond acceptors (Lipinski definition) is 4. The highest BCUT2D eigenvalue weighted by atomic mass is 32.2. The topological polar surface area (TPSA) is 88.2 Å². The summed E-state index contributed by atoms with van der Waals surface area (Å²) >= 11 is 0. The predicted molar refractivity (Wildman–Crippen MR) is 87.7 cm³/mol. The molecule has 0 saturated heterocycles. The molecule has 0 saturated carbocycles. The molecule has 128 valence electrons. The largest absolute Gasteiger partial charge is 0.351 e. The summed E-state index contributed by atoms with van der Waals surface area (Å²) in [6.45, 7) is 1.72. The number of amides is 1. The van der Waals surface area contributed by atoms with E-state index in [-0.39, 0.29) is 12.3 Å². The van der Waals surface area contributed by atoms with Crippen molar-refractivity contribution in [1.29, 1.82) is 0 Å². The van der Waals surface area contributed by atoms with Gasteiger partial charge in [0, 0.05) is 18.9 Å². The maximum Gasteiger partial charge on any atom is 0.238 e. The number of rotatable bonds is 7. The fourth-order valence-electron chi connectivity index (χ4n) is 2.01. The fourth-order valence-corrected chi connectivity index (χ4v) is 3.37. The zero-order chi connectivity index (χ0) is 17.6. The summed E-state index contributed by atoms with van der Waals surface area (Å²) in [5.41, 5.74) is 1.25. The summed E-state index contributed by atoms with van der Waals surface area (Å²) in [7, 11) is -3.72. The van der Waals surface area contributed by atoms with Crippen molar-refractivity contribution >= 4 is 15.9 Å². The third kappa shape index (κ3) is 5.71. The molecule has 1 aromatic heterocycles. The lowest BCUT2D eigenvalue weighted by Gasteiger charge is -2.14. The zero-order valence-corrected chi connectivity index (χ0v) is 13.9. The number of carbonyl (C=O) groups excluding carboxylic acids is 1. The third-order valence-electron chi connectivity index (χ3n) is 3.21. The Bertz CT molecular complexity index is 780. The lowest BCUT2D eigenvalue weighted by atomic mass is 10.2. The molecule has 1 atom stereocenters. The van der Waals surface area contributed by atoms with Gasteiger partial charge in [-0.15, -0.1) is 0 Å². The van der Waals surface area contributed by atoms with Gasteiger partial charge in [-0.3, -0.25) is 9.78 Å². The third-order valence-corrected chi connectivity index (χ3v) is 4.64. The van der Waals surface area contributed by atoms with E-state index in [0.29, 0.717) is 5.56 Å². The van der Waals surface area contributed by atoms with Crippen LogP contribution in [0, 0.1) is 5.82 Å². The Balaban J connectivity index is 1.88. The summed E-state index contributed by atoms with van der Waals surface area (Å²) in [5.74, 6) is -1.21. The van der Waals surface area contributed by atoms with Crippen LogP contribution in [0.25, 0.3) is 0 Å². The number of nitrogens with zero attached hydrogens (tertiary/aromatic N) is 1. The molecule has 2 N–H and O–H groups in total. The van der Waals surface area contributed by atoms with E-state index in [1.807, 2.05) is 0 Å². The second-order valence-electron chi connectivity index (χ2n) is 5.30. The second kappa shape index (κ2) is 7.98. The number of pyridine rings is 1. The molecule has 1 heterocycles. The Labute approximate surface area is 140 Å². The van der Waals surface area contributed by atoms with Crippen LogP contribution in [0.3, 0.4) is 0 Å². The summed E-state index contributed by atoms with van der Waals surface area (Å²) in [6.07, 6.45) is 3.24. The molecule has 0 aliphatic heterocycles. The Morgan fingerprint density at radius 2 is 1.92 bits per heavy atom. The molecule has 0 aliphatic rings. The Morgan fingerprint density at radius 3 is 2.54 bits per heavy atom. The van der Waals surface area contributed by atoms with Crippen molar-refractivity contribution in [2.24, 2.45) is 0 Å². The smallest absolute Gasteiger partial charge is 0.238 e. The number of carbonyl (C=O) groups is 1. The average Bonchev–Trinajstić information content (AvgIpc) is 2.55. The quantitative estimate of drug-likeness (QED) is 0.788. The van der Waals surface area contributed by atoms with E-state index in [1.54, 1.807) is 24.5 Å². The van der Waals surface area contributed by atoms with Gasteiger partial charge >= 0.3 is 0 Å². The Morgan fingerprint density at radius 1 is 1.21 bits per heavy atom. The molecule has 24 heavy (non-hydrogen) atoms. The molecule has 2 rings (SSSR count). The lowest BCUT2D eigenvalue weighted by molar-refractivity contribution is -0.122. The van der Waals surface area contributed by atoms with Gasteiger partial charge in [0.25, 0.3) is 0 Å². The van der Waals surface area contributed by atoms with Crippen LogP contribution in [-0.2, 0) is 27.1 Å². The summed E-state index contributed by atoms with van der Waals surface area (Å²) in [4.78, 5) is 15.9. The average molecular weight is 351 g/mol. The number of sulfonamides is 1. The van der Waals surface area contributed by atoms with Crippen LogP contribution >= 0.6 is 0 Å². The maximum atomic E-state index is 12.8.